The molecule has 10 nitrogen and oxygen atoms in total. The van der Waals surface area contributed by atoms with E-state index in [-0.39, 0.29) is 13.1 Å². The lowest BCUT2D eigenvalue weighted by Gasteiger charge is -2.34. The van der Waals surface area contributed by atoms with Crippen LogP contribution in [0.3, 0.4) is 0 Å². The molecule has 0 saturated carbocycles. The van der Waals surface area contributed by atoms with E-state index in [1.165, 1.54) is 9.80 Å². The summed E-state index contributed by atoms with van der Waals surface area (Å²) in [6.07, 6.45) is 0. The summed E-state index contributed by atoms with van der Waals surface area (Å²) in [6.45, 7) is 3.61. The molecule has 172 valence electrons. The van der Waals surface area contributed by atoms with Gasteiger partial charge in [-0.1, -0.05) is 47.8 Å². The van der Waals surface area contributed by atoms with Gasteiger partial charge in [0, 0.05) is 22.9 Å². The lowest BCUT2D eigenvalue weighted by molar-refractivity contribution is 0.439. The molecule has 0 spiro atoms. The normalized spacial score (nSPS) is 25.4. The quantitative estimate of drug-likeness (QED) is 0.431. The minimum atomic E-state index is -4.92. The third-order valence-corrected chi connectivity index (χ3v) is 11.1. The van der Waals surface area contributed by atoms with Gasteiger partial charge < -0.3 is 9.80 Å². The summed E-state index contributed by atoms with van der Waals surface area (Å²) >= 11 is 1.46. The number of fused-ring (bicyclic) bond motifs is 2. The molecule has 2 atom stereocenters. The van der Waals surface area contributed by atoms with Crippen molar-refractivity contribution in [1.82, 2.24) is 0 Å². The Kier molecular flexibility index (Phi) is 5.75. The molecule has 0 fully saturated rings. The molecule has 4 rings (SSSR count). The zero-order valence-corrected chi connectivity index (χ0v) is 20.2. The number of para-hydroxylation sites is 2. The van der Waals surface area contributed by atoms with Crippen molar-refractivity contribution in [3.05, 3.63) is 48.5 Å². The number of thioether (sulfide) groups is 2. The Hall–Kier alpha value is -1.84. The fourth-order valence-electron chi connectivity index (χ4n) is 3.74. The minimum absolute atomic E-state index is 0.132. The van der Waals surface area contributed by atoms with Gasteiger partial charge in [0.15, 0.2) is 0 Å². The summed E-state index contributed by atoms with van der Waals surface area (Å²) in [5.74, 6) is 0. The van der Waals surface area contributed by atoms with Gasteiger partial charge in [0.2, 0.25) is 0 Å². The van der Waals surface area contributed by atoms with E-state index in [2.05, 4.69) is 10.2 Å². The van der Waals surface area contributed by atoms with Gasteiger partial charge in [0.05, 0.1) is 11.4 Å². The van der Waals surface area contributed by atoms with Crippen molar-refractivity contribution in [2.75, 3.05) is 22.9 Å². The second-order valence-electron chi connectivity index (χ2n) is 6.88. The van der Waals surface area contributed by atoms with Crippen molar-refractivity contribution in [2.24, 2.45) is 10.2 Å². The standard InChI is InChI=1S/C18H20N4O6S4/c1-3-21-13-9-5-7-11-15(13)29-17(21,31(23,24)25)19-20-18(32(26,27)28)22(4-2)14-10-6-8-12-16(14)30-18/h5-12H,3-4H2,1-2H3,(H,23,24,25)(H,26,27,28). The number of rotatable bonds is 6. The van der Waals surface area contributed by atoms with E-state index in [9.17, 15) is 25.9 Å². The third-order valence-electron chi connectivity index (χ3n) is 5.09. The SMILES string of the molecule is CCN1c2ccccc2SC1(N=NC1(S(=O)(=O)O)Sc2ccccc2N1CC)S(=O)(=O)O. The number of nitrogens with zero attached hydrogens (tertiary/aromatic N) is 4. The lowest BCUT2D eigenvalue weighted by atomic mass is 10.3. The Balaban J connectivity index is 1.91. The summed E-state index contributed by atoms with van der Waals surface area (Å²) in [6, 6.07) is 13.5. The van der Waals surface area contributed by atoms with Crippen LogP contribution in [0.2, 0.25) is 0 Å². The predicted octanol–water partition coefficient (Wildman–Crippen LogP) is 3.70. The minimum Gasteiger partial charge on any atom is -0.322 e. The van der Waals surface area contributed by atoms with Crippen LogP contribution in [0.5, 0.6) is 0 Å². The van der Waals surface area contributed by atoms with E-state index in [4.69, 9.17) is 0 Å². The first-order chi connectivity index (χ1) is 15.0. The number of hydrogen-bond donors (Lipinski definition) is 2. The zero-order chi connectivity index (χ0) is 23.4. The highest BCUT2D eigenvalue weighted by Crippen LogP contribution is 2.57. The smallest absolute Gasteiger partial charge is 0.322 e. The Morgan fingerprint density at radius 1 is 0.750 bits per heavy atom. The van der Waals surface area contributed by atoms with Crippen molar-refractivity contribution in [2.45, 2.75) is 32.3 Å². The Bertz CT molecular complexity index is 1200. The fourth-order valence-corrected chi connectivity index (χ4v) is 8.69. The number of benzene rings is 2. The van der Waals surface area contributed by atoms with Crippen LogP contribution in [0, 0.1) is 0 Å². The van der Waals surface area contributed by atoms with Gasteiger partial charge >= 0.3 is 28.9 Å². The van der Waals surface area contributed by atoms with Crippen LogP contribution in [0.1, 0.15) is 13.8 Å². The molecule has 2 heterocycles. The molecule has 2 N–H and O–H groups in total. The highest BCUT2D eigenvalue weighted by molar-refractivity contribution is 8.14. The van der Waals surface area contributed by atoms with Crippen molar-refractivity contribution in [3.8, 4) is 0 Å². The van der Waals surface area contributed by atoms with E-state index < -0.39 is 28.9 Å². The summed E-state index contributed by atoms with van der Waals surface area (Å²) in [7, 11) is -9.85. The van der Waals surface area contributed by atoms with Crippen LogP contribution in [0.25, 0.3) is 0 Å². The van der Waals surface area contributed by atoms with Crippen LogP contribution in [0.4, 0.5) is 11.4 Å². The molecular weight excluding hydrogens is 496 g/mol. The van der Waals surface area contributed by atoms with Gasteiger partial charge in [0.1, 0.15) is 0 Å². The molecule has 2 aromatic carbocycles. The first-order valence-electron chi connectivity index (χ1n) is 9.50. The molecular formula is C18H20N4O6S4. The van der Waals surface area contributed by atoms with Gasteiger partial charge in [-0.25, -0.2) is 0 Å². The highest BCUT2D eigenvalue weighted by Gasteiger charge is 2.59. The van der Waals surface area contributed by atoms with Gasteiger partial charge in [-0.2, -0.15) is 16.8 Å². The summed E-state index contributed by atoms with van der Waals surface area (Å²) in [5, 5.41) is 7.94. The van der Waals surface area contributed by atoms with Crippen LogP contribution in [-0.4, -0.2) is 47.7 Å². The molecule has 2 aromatic rings. The predicted molar refractivity (Wildman–Crippen MR) is 124 cm³/mol. The van der Waals surface area contributed by atoms with Crippen molar-refractivity contribution in [3.63, 3.8) is 0 Å². The Morgan fingerprint density at radius 3 is 1.41 bits per heavy atom. The lowest BCUT2D eigenvalue weighted by Crippen LogP contribution is -2.51. The molecule has 0 bridgehead atoms. The van der Waals surface area contributed by atoms with Crippen LogP contribution in [0.15, 0.2) is 68.6 Å². The largest absolute Gasteiger partial charge is 0.331 e. The maximum Gasteiger partial charge on any atom is 0.331 e. The molecule has 2 aliphatic rings. The Morgan fingerprint density at radius 2 is 1.09 bits per heavy atom. The molecule has 2 aliphatic heterocycles. The molecule has 0 aliphatic carbocycles. The monoisotopic (exact) mass is 516 g/mol. The Labute approximate surface area is 194 Å². The molecule has 2 unspecified atom stereocenters. The maximum absolute atomic E-state index is 12.6. The van der Waals surface area contributed by atoms with E-state index in [0.29, 0.717) is 21.2 Å². The molecule has 0 amide bonds. The van der Waals surface area contributed by atoms with Crippen molar-refractivity contribution in [1.29, 1.82) is 0 Å². The van der Waals surface area contributed by atoms with Gasteiger partial charge in [-0.3, -0.25) is 9.11 Å². The molecule has 32 heavy (non-hydrogen) atoms. The average molecular weight is 517 g/mol. The first kappa shape index (κ1) is 23.3. The molecule has 14 heteroatoms. The average Bonchev–Trinajstić information content (AvgIpc) is 3.24. The highest BCUT2D eigenvalue weighted by atomic mass is 32.3. The number of azo groups is 1. The molecule has 0 saturated heterocycles. The molecule has 0 radical (unpaired) electrons. The second kappa shape index (κ2) is 7.88. The third kappa shape index (κ3) is 3.31. The fraction of sp³-hybridized carbons (Fsp3) is 0.333. The van der Waals surface area contributed by atoms with Crippen molar-refractivity contribution < 1.29 is 25.9 Å². The van der Waals surface area contributed by atoms with Gasteiger partial charge in [-0.15, -0.1) is 10.2 Å². The van der Waals surface area contributed by atoms with E-state index in [1.807, 2.05) is 0 Å². The topological polar surface area (TPSA) is 140 Å². The van der Waals surface area contributed by atoms with Gasteiger partial charge in [0.25, 0.3) is 0 Å². The summed E-state index contributed by atoms with van der Waals surface area (Å²) in [5.41, 5.74) is 1.01. The van der Waals surface area contributed by atoms with E-state index in [0.717, 1.165) is 23.5 Å². The zero-order valence-electron chi connectivity index (χ0n) is 17.0. The summed E-state index contributed by atoms with van der Waals surface area (Å²) in [4.78, 5) is 3.71. The first-order valence-corrected chi connectivity index (χ1v) is 14.0. The summed E-state index contributed by atoms with van der Waals surface area (Å²) < 4.78 is 66.3. The van der Waals surface area contributed by atoms with E-state index >= 15 is 0 Å². The van der Waals surface area contributed by atoms with Crippen LogP contribution < -0.4 is 9.80 Å². The number of hydrogen-bond acceptors (Lipinski definition) is 10. The number of anilines is 2. The van der Waals surface area contributed by atoms with Gasteiger partial charge in [-0.05, 0) is 38.1 Å². The second-order valence-corrected chi connectivity index (χ2v) is 12.9. The van der Waals surface area contributed by atoms with Crippen molar-refractivity contribution >= 4 is 55.1 Å². The van der Waals surface area contributed by atoms with Crippen LogP contribution >= 0.6 is 23.5 Å². The van der Waals surface area contributed by atoms with Crippen LogP contribution in [-0.2, 0) is 20.2 Å². The molecule has 0 aromatic heterocycles. The maximum atomic E-state index is 12.6. The van der Waals surface area contributed by atoms with E-state index in [1.54, 1.807) is 62.4 Å².